The van der Waals surface area contributed by atoms with Gasteiger partial charge in [0.25, 0.3) is 0 Å². The third-order valence-electron chi connectivity index (χ3n) is 1.42. The number of thiophene rings is 1. The molecule has 0 aromatic carbocycles. The topological polar surface area (TPSA) is 26.0 Å². The van der Waals surface area contributed by atoms with Gasteiger partial charge in [-0.2, -0.15) is 11.8 Å². The molecule has 0 saturated heterocycles. The van der Waals surface area contributed by atoms with Gasteiger partial charge >= 0.3 is 0 Å². The highest BCUT2D eigenvalue weighted by molar-refractivity contribution is 7.98. The van der Waals surface area contributed by atoms with Crippen molar-refractivity contribution in [3.63, 3.8) is 0 Å². The van der Waals surface area contributed by atoms with E-state index in [4.69, 9.17) is 5.73 Å². The fourth-order valence-electron chi connectivity index (χ4n) is 0.863. The Hall–Kier alpha value is -0.430. The van der Waals surface area contributed by atoms with Crippen molar-refractivity contribution in [1.29, 1.82) is 0 Å². The highest BCUT2D eigenvalue weighted by Gasteiger charge is 1.96. The van der Waals surface area contributed by atoms with Crippen LogP contribution in [0.4, 0.5) is 0 Å². The summed E-state index contributed by atoms with van der Waals surface area (Å²) in [6.07, 6.45) is 0. The summed E-state index contributed by atoms with van der Waals surface area (Å²) >= 11 is 3.70. The molecule has 0 aliphatic carbocycles. The molecule has 3 heteroatoms. The first-order valence-electron chi connectivity index (χ1n) is 4.22. The van der Waals surface area contributed by atoms with Crippen LogP contribution in [0, 0.1) is 11.8 Å². The van der Waals surface area contributed by atoms with Gasteiger partial charge in [-0.25, -0.2) is 0 Å². The molecular weight excluding hydrogens is 198 g/mol. The lowest BCUT2D eigenvalue weighted by atomic mass is 10.4. The molecule has 1 heterocycles. The lowest BCUT2D eigenvalue weighted by Gasteiger charge is -1.91. The van der Waals surface area contributed by atoms with E-state index in [0.29, 0.717) is 6.54 Å². The number of rotatable bonds is 3. The van der Waals surface area contributed by atoms with Crippen molar-refractivity contribution in [1.82, 2.24) is 0 Å². The Balaban J connectivity index is 2.53. The van der Waals surface area contributed by atoms with E-state index < -0.39 is 0 Å². The first kappa shape index (κ1) is 10.6. The van der Waals surface area contributed by atoms with E-state index in [2.05, 4.69) is 30.9 Å². The van der Waals surface area contributed by atoms with Gasteiger partial charge in [0.2, 0.25) is 0 Å². The first-order chi connectivity index (χ1) is 6.36. The van der Waals surface area contributed by atoms with Gasteiger partial charge in [-0.3, -0.25) is 0 Å². The van der Waals surface area contributed by atoms with Crippen LogP contribution in [-0.2, 0) is 5.75 Å². The Labute approximate surface area is 87.7 Å². The largest absolute Gasteiger partial charge is 0.320 e. The molecule has 0 fully saturated rings. The summed E-state index contributed by atoms with van der Waals surface area (Å²) in [5, 5.41) is 0. The summed E-state index contributed by atoms with van der Waals surface area (Å²) < 4.78 is 0. The third kappa shape index (κ3) is 3.86. The number of thioether (sulfide) groups is 1. The molecule has 70 valence electrons. The fourth-order valence-corrected chi connectivity index (χ4v) is 2.53. The lowest BCUT2D eigenvalue weighted by Crippen LogP contribution is -1.92. The average Bonchev–Trinajstić information content (AvgIpc) is 2.59. The Kier molecular flexibility index (Phi) is 4.99. The molecule has 0 amide bonds. The fraction of sp³-hybridized carbons (Fsp3) is 0.400. The molecule has 1 rings (SSSR count). The van der Waals surface area contributed by atoms with Gasteiger partial charge in [0.15, 0.2) is 0 Å². The van der Waals surface area contributed by atoms with Crippen LogP contribution < -0.4 is 5.73 Å². The second-order valence-corrected chi connectivity index (χ2v) is 4.85. The van der Waals surface area contributed by atoms with Gasteiger partial charge in [-0.05, 0) is 17.9 Å². The molecule has 1 nitrogen and oxygen atoms in total. The van der Waals surface area contributed by atoms with Crippen molar-refractivity contribution in [2.75, 3.05) is 12.3 Å². The quantitative estimate of drug-likeness (QED) is 0.776. The van der Waals surface area contributed by atoms with Gasteiger partial charge in [0.1, 0.15) is 0 Å². The Bertz CT molecular complexity index is 306. The summed E-state index contributed by atoms with van der Waals surface area (Å²) in [7, 11) is 0. The van der Waals surface area contributed by atoms with Crippen LogP contribution in [0.2, 0.25) is 0 Å². The minimum absolute atomic E-state index is 0.441. The number of nitrogens with two attached hydrogens (primary N) is 1. The molecular formula is C10H13NS2. The van der Waals surface area contributed by atoms with Crippen LogP contribution in [-0.4, -0.2) is 12.3 Å². The minimum Gasteiger partial charge on any atom is -0.320 e. The average molecular weight is 211 g/mol. The van der Waals surface area contributed by atoms with E-state index in [1.807, 2.05) is 11.8 Å². The van der Waals surface area contributed by atoms with Gasteiger partial charge in [-0.1, -0.05) is 18.8 Å². The third-order valence-corrected chi connectivity index (χ3v) is 3.53. The second kappa shape index (κ2) is 6.09. The summed E-state index contributed by atoms with van der Waals surface area (Å²) in [6.45, 7) is 2.62. The molecule has 0 saturated carbocycles. The highest BCUT2D eigenvalue weighted by Crippen LogP contribution is 2.20. The molecule has 1 aromatic rings. The van der Waals surface area contributed by atoms with Crippen molar-refractivity contribution in [3.8, 4) is 11.8 Å². The SMILES string of the molecule is CCSCc1ccc(C#CCN)s1. The van der Waals surface area contributed by atoms with Crippen molar-refractivity contribution < 1.29 is 0 Å². The van der Waals surface area contributed by atoms with E-state index in [0.717, 1.165) is 10.6 Å². The Morgan fingerprint density at radius 1 is 1.54 bits per heavy atom. The van der Waals surface area contributed by atoms with E-state index in [1.54, 1.807) is 11.3 Å². The summed E-state index contributed by atoms with van der Waals surface area (Å²) in [6, 6.07) is 4.22. The first-order valence-corrected chi connectivity index (χ1v) is 6.19. The van der Waals surface area contributed by atoms with E-state index >= 15 is 0 Å². The van der Waals surface area contributed by atoms with Crippen molar-refractivity contribution in [2.24, 2.45) is 5.73 Å². The Morgan fingerprint density at radius 2 is 2.38 bits per heavy atom. The lowest BCUT2D eigenvalue weighted by molar-refractivity contribution is 1.30. The maximum atomic E-state index is 5.29. The van der Waals surface area contributed by atoms with Crippen LogP contribution in [0.15, 0.2) is 12.1 Å². The number of hydrogen-bond donors (Lipinski definition) is 1. The molecule has 0 unspecified atom stereocenters. The Morgan fingerprint density at radius 3 is 3.08 bits per heavy atom. The molecule has 0 spiro atoms. The highest BCUT2D eigenvalue weighted by atomic mass is 32.2. The summed E-state index contributed by atoms with van der Waals surface area (Å²) in [4.78, 5) is 2.52. The maximum Gasteiger partial charge on any atom is 0.0772 e. The zero-order valence-electron chi connectivity index (χ0n) is 7.67. The zero-order chi connectivity index (χ0) is 9.52. The minimum atomic E-state index is 0.441. The molecule has 0 aliphatic heterocycles. The molecule has 0 radical (unpaired) electrons. The van der Waals surface area contributed by atoms with Crippen molar-refractivity contribution >= 4 is 23.1 Å². The van der Waals surface area contributed by atoms with E-state index in [1.165, 1.54) is 10.6 Å². The molecule has 2 N–H and O–H groups in total. The van der Waals surface area contributed by atoms with Gasteiger partial charge in [0.05, 0.1) is 11.4 Å². The van der Waals surface area contributed by atoms with Crippen molar-refractivity contribution in [3.05, 3.63) is 21.9 Å². The van der Waals surface area contributed by atoms with Crippen molar-refractivity contribution in [2.45, 2.75) is 12.7 Å². The standard InChI is InChI=1S/C10H13NS2/c1-2-12-8-10-6-5-9(13-10)4-3-7-11/h5-6H,2,7-8,11H2,1H3. The second-order valence-electron chi connectivity index (χ2n) is 2.41. The van der Waals surface area contributed by atoms with Crippen LogP contribution in [0.5, 0.6) is 0 Å². The van der Waals surface area contributed by atoms with Gasteiger partial charge in [-0.15, -0.1) is 11.3 Å². The normalized spacial score (nSPS) is 9.38. The van der Waals surface area contributed by atoms with Gasteiger partial charge in [0, 0.05) is 10.6 Å². The molecule has 0 aliphatic rings. The molecule has 1 aromatic heterocycles. The smallest absolute Gasteiger partial charge is 0.0772 e. The summed E-state index contributed by atoms with van der Waals surface area (Å²) in [5.41, 5.74) is 5.29. The van der Waals surface area contributed by atoms with Gasteiger partial charge < -0.3 is 5.73 Å². The zero-order valence-corrected chi connectivity index (χ0v) is 9.30. The van der Waals surface area contributed by atoms with Crippen LogP contribution >= 0.6 is 23.1 Å². The monoisotopic (exact) mass is 211 g/mol. The van der Waals surface area contributed by atoms with Crippen LogP contribution in [0.25, 0.3) is 0 Å². The van der Waals surface area contributed by atoms with E-state index in [-0.39, 0.29) is 0 Å². The predicted molar refractivity (Wildman–Crippen MR) is 62.1 cm³/mol. The molecule has 0 atom stereocenters. The van der Waals surface area contributed by atoms with Crippen LogP contribution in [0.1, 0.15) is 16.7 Å². The van der Waals surface area contributed by atoms with Crippen LogP contribution in [0.3, 0.4) is 0 Å². The number of hydrogen-bond acceptors (Lipinski definition) is 3. The molecule has 0 bridgehead atoms. The summed E-state index contributed by atoms with van der Waals surface area (Å²) in [5.74, 6) is 8.16. The predicted octanol–water partition coefficient (Wildman–Crippen LogP) is 2.31. The maximum absolute atomic E-state index is 5.29. The van der Waals surface area contributed by atoms with E-state index in [9.17, 15) is 0 Å². The molecule has 13 heavy (non-hydrogen) atoms.